The van der Waals surface area contributed by atoms with Crippen LogP contribution in [0.3, 0.4) is 0 Å². The molecule has 0 saturated heterocycles. The number of thioether (sulfide) groups is 1. The smallest absolute Gasteiger partial charge is 0.272 e. The van der Waals surface area contributed by atoms with E-state index in [0.29, 0.717) is 23.5 Å². The van der Waals surface area contributed by atoms with Crippen molar-refractivity contribution in [2.75, 3.05) is 23.0 Å². The molecule has 3 amide bonds. The lowest BCUT2D eigenvalue weighted by Gasteiger charge is -2.12. The maximum Gasteiger partial charge on any atom is 0.272 e. The second kappa shape index (κ2) is 16.3. The number of halogens is 1. The molecule has 0 radical (unpaired) electrons. The van der Waals surface area contributed by atoms with Crippen molar-refractivity contribution in [2.45, 2.75) is 24.7 Å². The predicted octanol–water partition coefficient (Wildman–Crippen LogP) is 7.77. The van der Waals surface area contributed by atoms with E-state index in [-0.39, 0.29) is 17.4 Å². The Labute approximate surface area is 264 Å². The van der Waals surface area contributed by atoms with Crippen LogP contribution in [0, 0.1) is 0 Å². The number of anilines is 2. The zero-order valence-corrected chi connectivity index (χ0v) is 26.0. The third-order valence-corrected chi connectivity index (χ3v) is 7.54. The monoisotopic (exact) mass is 657 g/mol. The summed E-state index contributed by atoms with van der Waals surface area (Å²) >= 11 is 4.79. The Morgan fingerprint density at radius 3 is 2.35 bits per heavy atom. The van der Waals surface area contributed by atoms with Gasteiger partial charge >= 0.3 is 0 Å². The number of carbonyl (C=O) groups excluding carboxylic acids is 3. The van der Waals surface area contributed by atoms with E-state index in [9.17, 15) is 14.4 Å². The van der Waals surface area contributed by atoms with E-state index in [2.05, 4.69) is 38.8 Å². The minimum absolute atomic E-state index is 0.0890. The van der Waals surface area contributed by atoms with Crippen molar-refractivity contribution < 1.29 is 19.1 Å². The molecule has 0 aliphatic carbocycles. The molecule has 0 unspecified atom stereocenters. The third kappa shape index (κ3) is 10.5. The number of unbranched alkanes of at least 4 members (excludes halogenated alkanes) is 1. The van der Waals surface area contributed by atoms with Gasteiger partial charge in [0.15, 0.2) is 0 Å². The van der Waals surface area contributed by atoms with E-state index < -0.39 is 11.8 Å². The predicted molar refractivity (Wildman–Crippen MR) is 177 cm³/mol. The molecule has 4 aromatic rings. The van der Waals surface area contributed by atoms with Gasteiger partial charge in [-0.15, -0.1) is 11.8 Å². The number of hydrogen-bond acceptors (Lipinski definition) is 5. The van der Waals surface area contributed by atoms with Gasteiger partial charge in [-0.2, -0.15) is 0 Å². The summed E-state index contributed by atoms with van der Waals surface area (Å²) in [6.45, 7) is 2.78. The SMILES string of the molecule is CCCCOc1ccc(NC(=O)CSc2cccc(NC(=O)/C(=C\c3cccc(Br)c3)NC(=O)c3ccccc3)c2)cc1. The molecule has 3 N–H and O–H groups in total. The fraction of sp³-hybridized carbons (Fsp3) is 0.147. The first-order chi connectivity index (χ1) is 20.9. The van der Waals surface area contributed by atoms with Crippen LogP contribution in [0.25, 0.3) is 6.08 Å². The molecule has 9 heteroatoms. The molecule has 0 aliphatic rings. The Hall–Kier alpha value is -4.34. The minimum atomic E-state index is -0.480. The van der Waals surface area contributed by atoms with E-state index in [4.69, 9.17) is 4.74 Å². The highest BCUT2D eigenvalue weighted by molar-refractivity contribution is 9.10. The Morgan fingerprint density at radius 1 is 0.837 bits per heavy atom. The molecule has 220 valence electrons. The number of rotatable bonds is 13. The van der Waals surface area contributed by atoms with Gasteiger partial charge in [0.1, 0.15) is 11.4 Å². The zero-order valence-electron chi connectivity index (χ0n) is 23.6. The van der Waals surface area contributed by atoms with Crippen LogP contribution in [0.2, 0.25) is 0 Å². The van der Waals surface area contributed by atoms with Gasteiger partial charge in [-0.25, -0.2) is 0 Å². The van der Waals surface area contributed by atoms with Crippen LogP contribution in [0.5, 0.6) is 5.75 Å². The summed E-state index contributed by atoms with van der Waals surface area (Å²) in [5.41, 5.74) is 2.48. The number of ether oxygens (including phenoxy) is 1. The number of hydrogen-bond donors (Lipinski definition) is 3. The molecule has 43 heavy (non-hydrogen) atoms. The van der Waals surface area contributed by atoms with Gasteiger partial charge in [-0.05, 0) is 84.8 Å². The number of carbonyl (C=O) groups is 3. The van der Waals surface area contributed by atoms with Crippen LogP contribution in [-0.2, 0) is 9.59 Å². The van der Waals surface area contributed by atoms with Gasteiger partial charge in [0, 0.05) is 26.3 Å². The molecule has 0 aliphatic heterocycles. The average molecular weight is 659 g/mol. The Morgan fingerprint density at radius 2 is 1.60 bits per heavy atom. The summed E-state index contributed by atoms with van der Waals surface area (Å²) < 4.78 is 6.51. The van der Waals surface area contributed by atoms with Crippen LogP contribution in [0.15, 0.2) is 118 Å². The Balaban J connectivity index is 1.38. The summed E-state index contributed by atoms with van der Waals surface area (Å²) in [6.07, 6.45) is 3.68. The molecule has 7 nitrogen and oxygen atoms in total. The van der Waals surface area contributed by atoms with Crippen molar-refractivity contribution >= 4 is 62.9 Å². The quantitative estimate of drug-likeness (QED) is 0.0775. The molecule has 0 heterocycles. The first-order valence-electron chi connectivity index (χ1n) is 13.8. The first kappa shape index (κ1) is 31.6. The molecule has 4 aromatic carbocycles. The summed E-state index contributed by atoms with van der Waals surface area (Å²) in [5, 5.41) is 8.50. The molecular weight excluding hydrogens is 626 g/mol. The molecule has 0 fully saturated rings. The lowest BCUT2D eigenvalue weighted by Crippen LogP contribution is -2.30. The van der Waals surface area contributed by atoms with E-state index in [0.717, 1.165) is 33.5 Å². The topological polar surface area (TPSA) is 96.5 Å². The Bertz CT molecular complexity index is 1580. The van der Waals surface area contributed by atoms with E-state index in [1.165, 1.54) is 11.8 Å². The molecule has 0 spiro atoms. The molecule has 0 atom stereocenters. The normalized spacial score (nSPS) is 11.0. The van der Waals surface area contributed by atoms with Crippen molar-refractivity contribution in [2.24, 2.45) is 0 Å². The second-order valence-electron chi connectivity index (χ2n) is 9.48. The van der Waals surface area contributed by atoms with Gasteiger partial charge in [-0.3, -0.25) is 14.4 Å². The fourth-order valence-corrected chi connectivity index (χ4v) is 5.05. The molecule has 4 rings (SSSR count). The summed E-state index contributed by atoms with van der Waals surface area (Å²) in [5.74, 6) is -0.0685. The highest BCUT2D eigenvalue weighted by Crippen LogP contribution is 2.23. The first-order valence-corrected chi connectivity index (χ1v) is 15.6. The van der Waals surface area contributed by atoms with Gasteiger partial charge in [-0.1, -0.05) is 65.7 Å². The molecule has 0 bridgehead atoms. The summed E-state index contributed by atoms with van der Waals surface area (Å²) in [7, 11) is 0. The zero-order chi connectivity index (χ0) is 30.4. The maximum absolute atomic E-state index is 13.4. The number of nitrogens with one attached hydrogen (secondary N) is 3. The molecule has 0 saturated carbocycles. The van der Waals surface area contributed by atoms with Crippen LogP contribution in [0.4, 0.5) is 11.4 Å². The van der Waals surface area contributed by atoms with Crippen LogP contribution in [-0.4, -0.2) is 30.1 Å². The van der Waals surface area contributed by atoms with Crippen molar-refractivity contribution in [3.63, 3.8) is 0 Å². The third-order valence-electron chi connectivity index (χ3n) is 6.06. The Kier molecular flexibility index (Phi) is 12.0. The lowest BCUT2D eigenvalue weighted by atomic mass is 10.1. The maximum atomic E-state index is 13.4. The van der Waals surface area contributed by atoms with E-state index in [1.807, 2.05) is 60.7 Å². The second-order valence-corrected chi connectivity index (χ2v) is 11.4. The largest absolute Gasteiger partial charge is 0.494 e. The number of benzene rings is 4. The summed E-state index contributed by atoms with van der Waals surface area (Å²) in [4.78, 5) is 39.6. The van der Waals surface area contributed by atoms with Gasteiger partial charge < -0.3 is 20.7 Å². The molecular formula is C34H32BrN3O4S. The van der Waals surface area contributed by atoms with Crippen LogP contribution < -0.4 is 20.7 Å². The van der Waals surface area contributed by atoms with Crippen molar-refractivity contribution in [1.82, 2.24) is 5.32 Å². The standard InChI is InChI=1S/C34H32BrN3O4S/c1-2-3-19-42-29-17-15-27(16-18-29)36-32(39)23-43-30-14-8-13-28(22-30)37-34(41)31(21-24-9-7-12-26(35)20-24)38-33(40)25-10-5-4-6-11-25/h4-18,20-22H,2-3,19,23H2,1H3,(H,36,39)(H,37,41)(H,38,40)/b31-21+. The molecule has 0 aromatic heterocycles. The van der Waals surface area contributed by atoms with Gasteiger partial charge in [0.05, 0.1) is 12.4 Å². The van der Waals surface area contributed by atoms with Crippen LogP contribution in [0.1, 0.15) is 35.7 Å². The van der Waals surface area contributed by atoms with Crippen molar-refractivity contribution in [3.05, 3.63) is 124 Å². The van der Waals surface area contributed by atoms with Crippen molar-refractivity contribution in [1.29, 1.82) is 0 Å². The average Bonchev–Trinajstić information content (AvgIpc) is 3.01. The van der Waals surface area contributed by atoms with E-state index >= 15 is 0 Å². The van der Waals surface area contributed by atoms with Gasteiger partial charge in [0.2, 0.25) is 5.91 Å². The highest BCUT2D eigenvalue weighted by Gasteiger charge is 2.15. The fourth-order valence-electron chi connectivity index (χ4n) is 3.88. The number of amides is 3. The van der Waals surface area contributed by atoms with Crippen LogP contribution >= 0.6 is 27.7 Å². The van der Waals surface area contributed by atoms with Gasteiger partial charge in [0.25, 0.3) is 11.8 Å². The minimum Gasteiger partial charge on any atom is -0.494 e. The van der Waals surface area contributed by atoms with Crippen molar-refractivity contribution in [3.8, 4) is 5.75 Å². The lowest BCUT2D eigenvalue weighted by molar-refractivity contribution is -0.114. The van der Waals surface area contributed by atoms with E-state index in [1.54, 1.807) is 48.5 Å². The summed E-state index contributed by atoms with van der Waals surface area (Å²) in [6, 6.07) is 30.6. The highest BCUT2D eigenvalue weighted by atomic mass is 79.9.